The van der Waals surface area contributed by atoms with E-state index in [1.807, 2.05) is 42.8 Å². The number of aromatic carboxylic acids is 1. The lowest BCUT2D eigenvalue weighted by molar-refractivity contribution is 0.0693. The second-order valence-electron chi connectivity index (χ2n) is 7.67. The largest absolute Gasteiger partial charge is 0.507 e. The van der Waals surface area contributed by atoms with Crippen LogP contribution in [0.15, 0.2) is 54.6 Å². The number of phenols is 1. The van der Waals surface area contributed by atoms with Gasteiger partial charge in [0.05, 0.1) is 11.2 Å². The minimum Gasteiger partial charge on any atom is -0.507 e. The van der Waals surface area contributed by atoms with Crippen molar-refractivity contribution in [1.82, 2.24) is 4.57 Å². The Morgan fingerprint density at radius 3 is 2.38 bits per heavy atom. The van der Waals surface area contributed by atoms with E-state index >= 15 is 0 Å². The Labute approximate surface area is 203 Å². The van der Waals surface area contributed by atoms with Crippen molar-refractivity contribution in [2.75, 3.05) is 0 Å². The van der Waals surface area contributed by atoms with Gasteiger partial charge in [0, 0.05) is 39.1 Å². The number of carbonyl (C=O) groups is 2. The predicted octanol–water partition coefficient (Wildman–Crippen LogP) is 6.24. The third-order valence-corrected chi connectivity index (χ3v) is 7.07. The molecule has 0 saturated heterocycles. The molecule has 0 unspecified atom stereocenters. The molecule has 0 radical (unpaired) electrons. The van der Waals surface area contributed by atoms with Crippen LogP contribution >= 0.6 is 34.2 Å². The fourth-order valence-corrected chi connectivity index (χ4v) is 5.06. The monoisotopic (exact) mass is 559 g/mol. The van der Waals surface area contributed by atoms with Gasteiger partial charge in [-0.3, -0.25) is 4.79 Å². The molecule has 4 aromatic rings. The van der Waals surface area contributed by atoms with Crippen LogP contribution in [0.2, 0.25) is 5.02 Å². The number of carboxylic acid groups (broad SMARTS) is 1. The summed E-state index contributed by atoms with van der Waals surface area (Å²) in [5.41, 5.74) is 4.84. The van der Waals surface area contributed by atoms with Crippen LogP contribution in [0.3, 0.4) is 0 Å². The molecule has 0 fully saturated rings. The third-order valence-electron chi connectivity index (χ3n) is 5.55. The molecule has 0 amide bonds. The van der Waals surface area contributed by atoms with Crippen LogP contribution in [-0.4, -0.2) is 26.5 Å². The first-order valence-electron chi connectivity index (χ1n) is 9.80. The highest BCUT2D eigenvalue weighted by Crippen LogP contribution is 2.37. The summed E-state index contributed by atoms with van der Waals surface area (Å²) in [4.78, 5) is 24.1. The lowest BCUT2D eigenvalue weighted by Gasteiger charge is -2.08. The molecular weight excluding hydrogens is 541 g/mol. The molecule has 3 aromatic carbocycles. The first-order valence-corrected chi connectivity index (χ1v) is 11.3. The highest BCUT2D eigenvalue weighted by Gasteiger charge is 2.20. The number of carbonyl (C=O) groups excluding carboxylic acids is 1. The van der Waals surface area contributed by atoms with Gasteiger partial charge in [-0.05, 0) is 58.3 Å². The summed E-state index contributed by atoms with van der Waals surface area (Å²) in [6.07, 6.45) is 0.292. The number of carboxylic acids is 1. The molecule has 7 heteroatoms. The second-order valence-corrected chi connectivity index (χ2v) is 9.16. The molecule has 0 bridgehead atoms. The van der Waals surface area contributed by atoms with Crippen LogP contribution < -0.4 is 0 Å². The van der Waals surface area contributed by atoms with Crippen molar-refractivity contribution in [3.63, 3.8) is 0 Å². The first-order chi connectivity index (χ1) is 15.2. The normalized spacial score (nSPS) is 11.1. The average molecular weight is 560 g/mol. The van der Waals surface area contributed by atoms with E-state index in [-0.39, 0.29) is 17.1 Å². The maximum atomic E-state index is 12.7. The molecule has 32 heavy (non-hydrogen) atoms. The predicted molar refractivity (Wildman–Crippen MR) is 134 cm³/mol. The van der Waals surface area contributed by atoms with Crippen molar-refractivity contribution < 1.29 is 19.8 Å². The topological polar surface area (TPSA) is 79.5 Å². The Hall–Kier alpha value is -2.84. The molecule has 0 aliphatic rings. The molecule has 1 heterocycles. The van der Waals surface area contributed by atoms with E-state index in [4.69, 9.17) is 11.6 Å². The summed E-state index contributed by atoms with van der Waals surface area (Å²) in [6, 6.07) is 15.9. The highest BCUT2D eigenvalue weighted by atomic mass is 127. The number of aromatic hydroxyl groups is 1. The van der Waals surface area contributed by atoms with Crippen molar-refractivity contribution in [2.24, 2.45) is 7.05 Å². The minimum absolute atomic E-state index is 0.0148. The first kappa shape index (κ1) is 22.4. The van der Waals surface area contributed by atoms with E-state index < -0.39 is 5.97 Å². The number of rotatable bonds is 5. The van der Waals surface area contributed by atoms with Crippen molar-refractivity contribution in [2.45, 2.75) is 13.3 Å². The zero-order chi connectivity index (χ0) is 23.2. The summed E-state index contributed by atoms with van der Waals surface area (Å²) >= 11 is 8.25. The summed E-state index contributed by atoms with van der Waals surface area (Å²) in [5, 5.41) is 20.8. The van der Waals surface area contributed by atoms with Crippen molar-refractivity contribution in [1.29, 1.82) is 0 Å². The van der Waals surface area contributed by atoms with Gasteiger partial charge in [-0.1, -0.05) is 48.0 Å². The molecule has 0 aliphatic heterocycles. The summed E-state index contributed by atoms with van der Waals surface area (Å²) < 4.78 is 2.79. The van der Waals surface area contributed by atoms with E-state index in [2.05, 4.69) is 22.6 Å². The molecular formula is C25H19ClINO4. The quantitative estimate of drug-likeness (QED) is 0.224. The van der Waals surface area contributed by atoms with Gasteiger partial charge in [-0.2, -0.15) is 0 Å². The number of nitrogens with zero attached hydrogens (tertiary/aromatic N) is 1. The molecule has 162 valence electrons. The lowest BCUT2D eigenvalue weighted by Crippen LogP contribution is -2.04. The number of ketones is 1. The standard InChI is InChI=1S/C25H19ClINO4/c1-13-9-14(3-8-19(13)26)10-21(29)15-4-6-16(7-5-15)24-23(27)17-11-18(25(31)32)22(30)12-20(17)28(24)2/h3-9,11-12,30H,10H2,1-2H3,(H,31,32). The Balaban J connectivity index is 1.67. The highest BCUT2D eigenvalue weighted by molar-refractivity contribution is 14.1. The Bertz CT molecular complexity index is 1390. The van der Waals surface area contributed by atoms with E-state index in [0.717, 1.165) is 36.9 Å². The maximum Gasteiger partial charge on any atom is 0.339 e. The van der Waals surface area contributed by atoms with E-state index in [1.54, 1.807) is 18.2 Å². The number of benzene rings is 3. The van der Waals surface area contributed by atoms with Gasteiger partial charge in [0.25, 0.3) is 0 Å². The number of halogens is 2. The average Bonchev–Trinajstić information content (AvgIpc) is 2.99. The number of fused-ring (bicyclic) bond motifs is 1. The van der Waals surface area contributed by atoms with Gasteiger partial charge in [0.2, 0.25) is 0 Å². The van der Waals surface area contributed by atoms with Crippen LogP contribution in [0.4, 0.5) is 0 Å². The molecule has 2 N–H and O–H groups in total. The van der Waals surface area contributed by atoms with Gasteiger partial charge in [0.15, 0.2) is 5.78 Å². The molecule has 0 atom stereocenters. The van der Waals surface area contributed by atoms with Crippen LogP contribution in [0.1, 0.15) is 31.8 Å². The molecule has 0 saturated carbocycles. The van der Waals surface area contributed by atoms with Crippen LogP contribution in [0.5, 0.6) is 5.75 Å². The third kappa shape index (κ3) is 4.00. The van der Waals surface area contributed by atoms with Gasteiger partial charge in [0.1, 0.15) is 11.3 Å². The zero-order valence-corrected chi connectivity index (χ0v) is 20.2. The van der Waals surface area contributed by atoms with E-state index in [1.165, 1.54) is 12.1 Å². The van der Waals surface area contributed by atoms with Gasteiger partial charge in [-0.15, -0.1) is 0 Å². The van der Waals surface area contributed by atoms with Crippen molar-refractivity contribution >= 4 is 56.8 Å². The van der Waals surface area contributed by atoms with Crippen LogP contribution in [-0.2, 0) is 13.5 Å². The number of aryl methyl sites for hydroxylation is 2. The smallest absolute Gasteiger partial charge is 0.339 e. The molecule has 0 spiro atoms. The van der Waals surface area contributed by atoms with Crippen LogP contribution in [0, 0.1) is 10.5 Å². The Kier molecular flexibility index (Phi) is 6.01. The number of Topliss-reactive ketones (excluding diaryl/α,β-unsaturated/α-hetero) is 1. The number of hydrogen-bond donors (Lipinski definition) is 2. The Morgan fingerprint density at radius 1 is 1.06 bits per heavy atom. The maximum absolute atomic E-state index is 12.7. The van der Waals surface area contributed by atoms with Crippen molar-refractivity contribution in [3.05, 3.63) is 85.4 Å². The van der Waals surface area contributed by atoms with E-state index in [9.17, 15) is 19.8 Å². The SMILES string of the molecule is Cc1cc(CC(=O)c2ccc(-c3c(I)c4cc(C(=O)O)c(O)cc4n3C)cc2)ccc1Cl. The summed E-state index contributed by atoms with van der Waals surface area (Å²) in [6.45, 7) is 1.91. The van der Waals surface area contributed by atoms with E-state index in [0.29, 0.717) is 17.0 Å². The number of hydrogen-bond acceptors (Lipinski definition) is 3. The fraction of sp³-hybridized carbons (Fsp3) is 0.120. The van der Waals surface area contributed by atoms with Gasteiger partial charge < -0.3 is 14.8 Å². The second kappa shape index (κ2) is 8.60. The summed E-state index contributed by atoms with van der Waals surface area (Å²) in [5.74, 6) is -1.43. The van der Waals surface area contributed by atoms with Gasteiger partial charge in [-0.25, -0.2) is 4.79 Å². The molecule has 4 rings (SSSR count). The molecule has 0 aliphatic carbocycles. The van der Waals surface area contributed by atoms with Crippen LogP contribution in [0.25, 0.3) is 22.2 Å². The number of aromatic nitrogens is 1. The minimum atomic E-state index is -1.18. The molecule has 5 nitrogen and oxygen atoms in total. The van der Waals surface area contributed by atoms with Gasteiger partial charge >= 0.3 is 5.97 Å². The summed E-state index contributed by atoms with van der Waals surface area (Å²) in [7, 11) is 1.86. The molecule has 1 aromatic heterocycles. The Morgan fingerprint density at radius 2 is 1.75 bits per heavy atom. The fourth-order valence-electron chi connectivity index (χ4n) is 3.84. The van der Waals surface area contributed by atoms with Crippen molar-refractivity contribution in [3.8, 4) is 17.0 Å². The zero-order valence-electron chi connectivity index (χ0n) is 17.3. The lowest BCUT2D eigenvalue weighted by atomic mass is 10.00.